The van der Waals surface area contributed by atoms with E-state index in [1.165, 1.54) is 6.42 Å². The van der Waals surface area contributed by atoms with Gasteiger partial charge in [0.2, 0.25) is 10.0 Å². The minimum atomic E-state index is -3.00. The van der Waals surface area contributed by atoms with Crippen LogP contribution in [-0.2, 0) is 10.0 Å². The highest BCUT2D eigenvalue weighted by Crippen LogP contribution is 2.30. The van der Waals surface area contributed by atoms with Crippen LogP contribution < -0.4 is 0 Å². The summed E-state index contributed by atoms with van der Waals surface area (Å²) in [6, 6.07) is 0. The molecule has 0 saturated heterocycles. The Hall–Kier alpha value is -0.130. The van der Waals surface area contributed by atoms with Gasteiger partial charge in [-0.15, -0.1) is 0 Å². The lowest BCUT2D eigenvalue weighted by Crippen LogP contribution is -2.39. The van der Waals surface area contributed by atoms with Gasteiger partial charge in [0.05, 0.1) is 5.25 Å². The van der Waals surface area contributed by atoms with Gasteiger partial charge in [0.15, 0.2) is 0 Å². The number of hydrogen-bond acceptors (Lipinski definition) is 3. The molecule has 0 aliphatic heterocycles. The van der Waals surface area contributed by atoms with Crippen molar-refractivity contribution in [1.82, 2.24) is 9.21 Å². The van der Waals surface area contributed by atoms with Crippen LogP contribution in [0.5, 0.6) is 0 Å². The Kier molecular flexibility index (Phi) is 6.08. The molecule has 1 saturated carbocycles. The molecule has 1 aliphatic carbocycles. The van der Waals surface area contributed by atoms with E-state index in [9.17, 15) is 8.42 Å². The third-order valence-electron chi connectivity index (χ3n) is 3.83. The average molecular weight is 276 g/mol. The second-order valence-electron chi connectivity index (χ2n) is 5.47. The maximum absolute atomic E-state index is 12.0. The van der Waals surface area contributed by atoms with E-state index in [0.717, 1.165) is 32.5 Å². The van der Waals surface area contributed by atoms with Crippen molar-refractivity contribution in [2.75, 3.05) is 33.2 Å². The molecule has 0 aromatic carbocycles. The van der Waals surface area contributed by atoms with E-state index in [4.69, 9.17) is 0 Å². The molecule has 0 heterocycles. The molecule has 0 bridgehead atoms. The molecule has 4 nitrogen and oxygen atoms in total. The highest BCUT2D eigenvalue weighted by atomic mass is 32.2. The SMILES string of the molecule is CCC(C)CN(CC)CCN(C)S(=O)(=O)C1CC1. The number of hydrogen-bond donors (Lipinski definition) is 0. The van der Waals surface area contributed by atoms with Crippen molar-refractivity contribution in [2.24, 2.45) is 5.92 Å². The van der Waals surface area contributed by atoms with Gasteiger partial charge in [0.1, 0.15) is 0 Å². The van der Waals surface area contributed by atoms with E-state index in [1.807, 2.05) is 0 Å². The summed E-state index contributed by atoms with van der Waals surface area (Å²) in [5.41, 5.74) is 0. The number of nitrogens with zero attached hydrogens (tertiary/aromatic N) is 2. The Bertz CT molecular complexity index is 339. The molecular formula is C13H28N2O2S. The maximum Gasteiger partial charge on any atom is 0.216 e. The van der Waals surface area contributed by atoms with Crippen molar-refractivity contribution in [1.29, 1.82) is 0 Å². The van der Waals surface area contributed by atoms with E-state index in [2.05, 4.69) is 25.7 Å². The molecule has 1 aliphatic rings. The van der Waals surface area contributed by atoms with Gasteiger partial charge in [-0.05, 0) is 25.3 Å². The molecule has 18 heavy (non-hydrogen) atoms. The molecule has 0 spiro atoms. The molecular weight excluding hydrogens is 248 g/mol. The summed E-state index contributed by atoms with van der Waals surface area (Å²) in [5, 5.41) is -0.0906. The summed E-state index contributed by atoms with van der Waals surface area (Å²) in [6.07, 6.45) is 2.86. The lowest BCUT2D eigenvalue weighted by Gasteiger charge is -2.26. The molecule has 1 unspecified atom stereocenters. The van der Waals surface area contributed by atoms with Crippen LogP contribution in [-0.4, -0.2) is 56.1 Å². The fraction of sp³-hybridized carbons (Fsp3) is 1.00. The van der Waals surface area contributed by atoms with Crippen LogP contribution >= 0.6 is 0 Å². The summed E-state index contributed by atoms with van der Waals surface area (Å²) in [7, 11) is -1.28. The summed E-state index contributed by atoms with van der Waals surface area (Å²) >= 11 is 0. The van der Waals surface area contributed by atoms with Crippen molar-refractivity contribution in [3.05, 3.63) is 0 Å². The largest absolute Gasteiger partial charge is 0.302 e. The lowest BCUT2D eigenvalue weighted by atomic mass is 10.1. The Morgan fingerprint density at radius 2 is 1.83 bits per heavy atom. The van der Waals surface area contributed by atoms with Crippen LogP contribution in [0.2, 0.25) is 0 Å². The molecule has 108 valence electrons. The summed E-state index contributed by atoms with van der Waals surface area (Å²) < 4.78 is 25.5. The fourth-order valence-electron chi connectivity index (χ4n) is 1.98. The van der Waals surface area contributed by atoms with Crippen molar-refractivity contribution >= 4 is 10.0 Å². The topological polar surface area (TPSA) is 40.6 Å². The van der Waals surface area contributed by atoms with Gasteiger partial charge in [-0.25, -0.2) is 12.7 Å². The Labute approximate surface area is 112 Å². The Morgan fingerprint density at radius 1 is 1.22 bits per heavy atom. The van der Waals surface area contributed by atoms with E-state index >= 15 is 0 Å². The van der Waals surface area contributed by atoms with Crippen molar-refractivity contribution in [3.63, 3.8) is 0 Å². The van der Waals surface area contributed by atoms with Crippen molar-refractivity contribution < 1.29 is 8.42 Å². The van der Waals surface area contributed by atoms with Crippen LogP contribution in [0.25, 0.3) is 0 Å². The molecule has 0 aromatic rings. The first-order valence-corrected chi connectivity index (χ1v) is 8.59. The third-order valence-corrected chi connectivity index (χ3v) is 6.19. The summed E-state index contributed by atoms with van der Waals surface area (Å²) in [4.78, 5) is 2.34. The van der Waals surface area contributed by atoms with Gasteiger partial charge < -0.3 is 4.90 Å². The van der Waals surface area contributed by atoms with Crippen LogP contribution in [0.3, 0.4) is 0 Å². The van der Waals surface area contributed by atoms with E-state index < -0.39 is 10.0 Å². The zero-order valence-corrected chi connectivity index (χ0v) is 13.0. The smallest absolute Gasteiger partial charge is 0.216 e. The first-order valence-electron chi connectivity index (χ1n) is 7.09. The normalized spacial score (nSPS) is 18.6. The minimum Gasteiger partial charge on any atom is -0.302 e. The Morgan fingerprint density at radius 3 is 2.28 bits per heavy atom. The van der Waals surface area contributed by atoms with E-state index in [-0.39, 0.29) is 5.25 Å². The van der Waals surface area contributed by atoms with Gasteiger partial charge in [-0.1, -0.05) is 27.2 Å². The zero-order chi connectivity index (χ0) is 13.8. The van der Waals surface area contributed by atoms with Crippen LogP contribution in [0.15, 0.2) is 0 Å². The van der Waals surface area contributed by atoms with Crippen LogP contribution in [0.4, 0.5) is 0 Å². The van der Waals surface area contributed by atoms with E-state index in [1.54, 1.807) is 11.4 Å². The predicted molar refractivity (Wildman–Crippen MR) is 76.1 cm³/mol. The van der Waals surface area contributed by atoms with Gasteiger partial charge in [0, 0.05) is 26.7 Å². The second kappa shape index (κ2) is 6.87. The lowest BCUT2D eigenvalue weighted by molar-refractivity contribution is 0.233. The van der Waals surface area contributed by atoms with Crippen LogP contribution in [0.1, 0.15) is 40.0 Å². The molecule has 0 aromatic heterocycles. The van der Waals surface area contributed by atoms with Crippen molar-refractivity contribution in [2.45, 2.75) is 45.3 Å². The minimum absolute atomic E-state index is 0.0906. The number of likely N-dealkylation sites (N-methyl/N-ethyl adjacent to an activating group) is 2. The highest BCUT2D eigenvalue weighted by Gasteiger charge is 2.38. The van der Waals surface area contributed by atoms with Gasteiger partial charge >= 0.3 is 0 Å². The summed E-state index contributed by atoms with van der Waals surface area (Å²) in [5.74, 6) is 0.676. The quantitative estimate of drug-likeness (QED) is 0.644. The first-order chi connectivity index (χ1) is 8.41. The van der Waals surface area contributed by atoms with Crippen molar-refractivity contribution in [3.8, 4) is 0 Å². The molecule has 0 N–H and O–H groups in total. The molecule has 1 atom stereocenters. The highest BCUT2D eigenvalue weighted by molar-refractivity contribution is 7.90. The molecule has 0 amide bonds. The molecule has 5 heteroatoms. The molecule has 0 radical (unpaired) electrons. The molecule has 1 fully saturated rings. The van der Waals surface area contributed by atoms with E-state index in [0.29, 0.717) is 12.5 Å². The maximum atomic E-state index is 12.0. The monoisotopic (exact) mass is 276 g/mol. The predicted octanol–water partition coefficient (Wildman–Crippen LogP) is 1.78. The standard InChI is InChI=1S/C13H28N2O2S/c1-5-12(3)11-15(6-2)10-9-14(4)18(16,17)13-7-8-13/h12-13H,5-11H2,1-4H3. The fourth-order valence-corrected chi connectivity index (χ4v) is 3.56. The average Bonchev–Trinajstić information content (AvgIpc) is 3.17. The zero-order valence-electron chi connectivity index (χ0n) is 12.2. The Balaban J connectivity index is 2.37. The summed E-state index contributed by atoms with van der Waals surface area (Å²) in [6.45, 7) is 10.1. The van der Waals surface area contributed by atoms with Gasteiger partial charge in [-0.2, -0.15) is 0 Å². The number of rotatable bonds is 9. The molecule has 1 rings (SSSR count). The number of sulfonamides is 1. The van der Waals surface area contributed by atoms with Crippen LogP contribution in [0, 0.1) is 5.92 Å². The second-order valence-corrected chi connectivity index (χ2v) is 7.79. The third kappa shape index (κ3) is 4.52. The van der Waals surface area contributed by atoms with Gasteiger partial charge in [0.25, 0.3) is 0 Å². The van der Waals surface area contributed by atoms with Gasteiger partial charge in [-0.3, -0.25) is 0 Å². The first kappa shape index (κ1) is 15.9.